The first-order valence-electron chi connectivity index (χ1n) is 6.11. The van der Waals surface area contributed by atoms with Crippen molar-refractivity contribution in [1.29, 1.82) is 0 Å². The third kappa shape index (κ3) is 4.68. The number of rotatable bonds is 6. The van der Waals surface area contributed by atoms with Gasteiger partial charge in [-0.1, -0.05) is 12.1 Å². The number of non-ortho nitro benzene ring substituents is 1. The van der Waals surface area contributed by atoms with Crippen LogP contribution in [0.3, 0.4) is 0 Å². The van der Waals surface area contributed by atoms with Crippen molar-refractivity contribution in [2.24, 2.45) is 0 Å². The predicted molar refractivity (Wildman–Crippen MR) is 70.9 cm³/mol. The van der Waals surface area contributed by atoms with Crippen LogP contribution in [0.15, 0.2) is 24.3 Å². The highest BCUT2D eigenvalue weighted by Crippen LogP contribution is 2.22. The molecule has 0 saturated carbocycles. The molecule has 0 fully saturated rings. The Morgan fingerprint density at radius 2 is 2.15 bits per heavy atom. The second-order valence-electron chi connectivity index (χ2n) is 4.11. The summed E-state index contributed by atoms with van der Waals surface area (Å²) < 4.78 is 4.83. The quantitative estimate of drug-likeness (QED) is 0.486. The molecule has 1 N–H and O–H groups in total. The number of amides is 1. The highest BCUT2D eigenvalue weighted by Gasteiger charge is 2.19. The maximum atomic E-state index is 11.5. The number of nitrogens with one attached hydrogen (secondary N) is 1. The highest BCUT2D eigenvalue weighted by atomic mass is 16.6. The smallest absolute Gasteiger partial charge is 0.308 e. The molecule has 1 rings (SSSR count). The van der Waals surface area contributed by atoms with Crippen LogP contribution < -0.4 is 5.32 Å². The Balaban J connectivity index is 2.97. The first-order chi connectivity index (χ1) is 9.43. The fraction of sp³-hybridized carbons (Fsp3) is 0.385. The van der Waals surface area contributed by atoms with E-state index in [2.05, 4.69) is 5.32 Å². The number of esters is 1. The molecule has 7 heteroatoms. The lowest BCUT2D eigenvalue weighted by molar-refractivity contribution is -0.384. The van der Waals surface area contributed by atoms with E-state index in [1.165, 1.54) is 25.1 Å². The van der Waals surface area contributed by atoms with Crippen molar-refractivity contribution in [3.63, 3.8) is 0 Å². The van der Waals surface area contributed by atoms with E-state index >= 15 is 0 Å². The number of nitrogens with zero attached hydrogens (tertiary/aromatic N) is 1. The van der Waals surface area contributed by atoms with Gasteiger partial charge in [-0.2, -0.15) is 0 Å². The average Bonchev–Trinajstić information content (AvgIpc) is 2.38. The van der Waals surface area contributed by atoms with Crippen LogP contribution in [0.1, 0.15) is 31.9 Å². The van der Waals surface area contributed by atoms with Gasteiger partial charge < -0.3 is 10.1 Å². The molecule has 0 heterocycles. The molecule has 1 aromatic rings. The second kappa shape index (κ2) is 7.22. The molecule has 0 aromatic heterocycles. The van der Waals surface area contributed by atoms with Crippen molar-refractivity contribution in [2.45, 2.75) is 26.3 Å². The van der Waals surface area contributed by atoms with Crippen LogP contribution >= 0.6 is 0 Å². The summed E-state index contributed by atoms with van der Waals surface area (Å²) >= 11 is 0. The van der Waals surface area contributed by atoms with Gasteiger partial charge in [0.2, 0.25) is 5.91 Å². The topological polar surface area (TPSA) is 98.5 Å². The van der Waals surface area contributed by atoms with E-state index < -0.39 is 16.9 Å². The zero-order valence-electron chi connectivity index (χ0n) is 11.3. The van der Waals surface area contributed by atoms with Gasteiger partial charge in [0.05, 0.1) is 24.0 Å². The fourth-order valence-electron chi connectivity index (χ4n) is 1.74. The second-order valence-corrected chi connectivity index (χ2v) is 4.11. The van der Waals surface area contributed by atoms with Gasteiger partial charge in [-0.3, -0.25) is 19.7 Å². The van der Waals surface area contributed by atoms with Gasteiger partial charge in [-0.05, 0) is 12.5 Å². The van der Waals surface area contributed by atoms with Gasteiger partial charge in [0, 0.05) is 19.1 Å². The summed E-state index contributed by atoms with van der Waals surface area (Å²) in [5.41, 5.74) is 0.393. The monoisotopic (exact) mass is 280 g/mol. The molecule has 0 unspecified atom stereocenters. The number of benzene rings is 1. The Morgan fingerprint density at radius 3 is 2.70 bits per heavy atom. The third-order valence-corrected chi connectivity index (χ3v) is 2.54. The molecular formula is C13H16N2O5. The molecule has 0 saturated heterocycles. The van der Waals surface area contributed by atoms with Gasteiger partial charge in [0.25, 0.3) is 5.69 Å². The van der Waals surface area contributed by atoms with Crippen molar-refractivity contribution in [3.8, 4) is 0 Å². The Bertz CT molecular complexity index is 515. The number of ether oxygens (including phenoxy) is 1. The van der Waals surface area contributed by atoms with Crippen LogP contribution in [0.5, 0.6) is 0 Å². The van der Waals surface area contributed by atoms with E-state index in [0.29, 0.717) is 5.56 Å². The van der Waals surface area contributed by atoms with Crippen molar-refractivity contribution >= 4 is 17.6 Å². The number of carbonyl (C=O) groups is 2. The first kappa shape index (κ1) is 15.6. The summed E-state index contributed by atoms with van der Waals surface area (Å²) in [7, 11) is 0. The minimum Gasteiger partial charge on any atom is -0.466 e. The van der Waals surface area contributed by atoms with Crippen LogP contribution in [0.2, 0.25) is 0 Å². The molecule has 0 aliphatic heterocycles. The number of carbonyl (C=O) groups excluding carboxylic acids is 2. The predicted octanol–water partition coefficient (Wildman–Crippen LogP) is 1.73. The molecule has 0 aliphatic carbocycles. The molecule has 7 nitrogen and oxygen atoms in total. The molecule has 108 valence electrons. The molecule has 0 bridgehead atoms. The summed E-state index contributed by atoms with van der Waals surface area (Å²) in [5.74, 6) is -0.802. The Kier molecular flexibility index (Phi) is 5.64. The molecule has 1 amide bonds. The number of hydrogen-bond donors (Lipinski definition) is 1. The van der Waals surface area contributed by atoms with E-state index in [-0.39, 0.29) is 24.6 Å². The third-order valence-electron chi connectivity index (χ3n) is 2.54. The van der Waals surface area contributed by atoms with Crippen LogP contribution in [0, 0.1) is 10.1 Å². The largest absolute Gasteiger partial charge is 0.466 e. The standard InChI is InChI=1S/C13H16N2O5/c1-3-20-13(17)8-12(14-9(2)16)10-5-4-6-11(7-10)15(18)19/h4-7,12H,3,8H2,1-2H3,(H,14,16)/t12-/m0/s1. The summed E-state index contributed by atoms with van der Waals surface area (Å²) in [4.78, 5) is 32.9. The van der Waals surface area contributed by atoms with E-state index in [0.717, 1.165) is 0 Å². The van der Waals surface area contributed by atoms with Gasteiger partial charge in [-0.15, -0.1) is 0 Å². The van der Waals surface area contributed by atoms with Crippen LogP contribution in [-0.4, -0.2) is 23.4 Å². The molecule has 0 aliphatic rings. The molecule has 20 heavy (non-hydrogen) atoms. The number of nitro benzene ring substituents is 1. The molecule has 0 radical (unpaired) electrons. The summed E-state index contributed by atoms with van der Waals surface area (Å²) in [6.45, 7) is 3.23. The maximum Gasteiger partial charge on any atom is 0.308 e. The lowest BCUT2D eigenvalue weighted by Gasteiger charge is -2.17. The van der Waals surface area contributed by atoms with Crippen LogP contribution in [0.4, 0.5) is 5.69 Å². The lowest BCUT2D eigenvalue weighted by atomic mass is 10.0. The van der Waals surface area contributed by atoms with Gasteiger partial charge in [0.15, 0.2) is 0 Å². The summed E-state index contributed by atoms with van der Waals surface area (Å²) in [5, 5.41) is 13.3. The zero-order chi connectivity index (χ0) is 15.1. The Labute approximate surface area is 116 Å². The molecular weight excluding hydrogens is 264 g/mol. The van der Waals surface area contributed by atoms with Crippen molar-refractivity contribution in [3.05, 3.63) is 39.9 Å². The van der Waals surface area contributed by atoms with Gasteiger partial charge in [-0.25, -0.2) is 0 Å². The molecule has 1 aromatic carbocycles. The lowest BCUT2D eigenvalue weighted by Crippen LogP contribution is -2.28. The number of nitro groups is 1. The van der Waals surface area contributed by atoms with Crippen molar-refractivity contribution in [2.75, 3.05) is 6.61 Å². The highest BCUT2D eigenvalue weighted by molar-refractivity contribution is 5.76. The molecule has 1 atom stereocenters. The fourth-order valence-corrected chi connectivity index (χ4v) is 1.74. The van der Waals surface area contributed by atoms with Gasteiger partial charge in [0.1, 0.15) is 0 Å². The minimum absolute atomic E-state index is 0.0748. The van der Waals surface area contributed by atoms with E-state index in [4.69, 9.17) is 4.74 Å². The summed E-state index contributed by atoms with van der Waals surface area (Å²) in [6, 6.07) is 5.16. The summed E-state index contributed by atoms with van der Waals surface area (Å²) in [6.07, 6.45) is -0.0748. The SMILES string of the molecule is CCOC(=O)C[C@H](NC(C)=O)c1cccc([N+](=O)[O-])c1. The van der Waals surface area contributed by atoms with E-state index in [9.17, 15) is 19.7 Å². The maximum absolute atomic E-state index is 11.5. The minimum atomic E-state index is -0.647. The van der Waals surface area contributed by atoms with Crippen LogP contribution in [-0.2, 0) is 14.3 Å². The van der Waals surface area contributed by atoms with Gasteiger partial charge >= 0.3 is 5.97 Å². The zero-order valence-corrected chi connectivity index (χ0v) is 11.3. The Morgan fingerprint density at radius 1 is 1.45 bits per heavy atom. The first-order valence-corrected chi connectivity index (χ1v) is 6.11. The Hall–Kier alpha value is -2.44. The normalized spacial score (nSPS) is 11.5. The molecule has 0 spiro atoms. The average molecular weight is 280 g/mol. The van der Waals surface area contributed by atoms with Crippen LogP contribution in [0.25, 0.3) is 0 Å². The van der Waals surface area contributed by atoms with Crippen molar-refractivity contribution < 1.29 is 19.2 Å². The van der Waals surface area contributed by atoms with E-state index in [1.54, 1.807) is 13.0 Å². The van der Waals surface area contributed by atoms with Crippen molar-refractivity contribution in [1.82, 2.24) is 5.32 Å². The number of hydrogen-bond acceptors (Lipinski definition) is 5. The van der Waals surface area contributed by atoms with E-state index in [1.807, 2.05) is 0 Å².